The van der Waals surface area contributed by atoms with Crippen molar-refractivity contribution in [3.8, 4) is 24.3 Å². The molecular weight excluding hydrogens is 961 g/mol. The molecule has 0 saturated carbocycles. The van der Waals surface area contributed by atoms with Gasteiger partial charge in [-0.3, -0.25) is 0 Å². The van der Waals surface area contributed by atoms with Gasteiger partial charge in [0.2, 0.25) is 0 Å². The molecule has 0 amide bonds. The molecule has 2 aliphatic rings. The van der Waals surface area contributed by atoms with Gasteiger partial charge in [0.05, 0.1) is 9.06 Å². The van der Waals surface area contributed by atoms with Gasteiger partial charge in [0.1, 0.15) is 35.4 Å². The van der Waals surface area contributed by atoms with E-state index in [-0.39, 0.29) is 11.1 Å². The van der Waals surface area contributed by atoms with E-state index in [0.717, 1.165) is 78.9 Å². The summed E-state index contributed by atoms with van der Waals surface area (Å²) in [5, 5.41) is 40.9. The molecule has 0 fully saturated rings. The van der Waals surface area contributed by atoms with Gasteiger partial charge in [-0.1, -0.05) is 281 Å². The molecule has 0 N–H and O–H groups in total. The third-order valence-corrected chi connectivity index (χ3v) is 18.7. The van der Waals surface area contributed by atoms with E-state index < -0.39 is 0 Å². The molecule has 76 heavy (non-hydrogen) atoms. The normalized spacial score (nSPS) is 13.8. The first-order chi connectivity index (χ1) is 37.6. The molecule has 4 aromatic rings. The zero-order chi connectivity index (χ0) is 53.4. The van der Waals surface area contributed by atoms with Crippen LogP contribution in [0.2, 0.25) is 0 Å². The van der Waals surface area contributed by atoms with E-state index in [9.17, 15) is 21.0 Å². The Labute approximate surface area is 468 Å². The number of hydrogen-bond donors (Lipinski definition) is 0. The molecule has 0 atom stereocenters. The number of thiophene rings is 2. The number of unbranched alkanes of at least 4 members (excludes halogenated alkanes) is 34. The van der Waals surface area contributed by atoms with E-state index in [1.165, 1.54) is 239 Å². The standard InChI is InChI=1S/C70H92N4S2/c1-3-5-7-9-11-13-15-17-19-21-23-25-27-29-31-33-35-37-43-55-49-63(75-69(55)57(51-71)52-72)65-59-45-39-41-47-61(59)68-66(60-46-40-42-48-62(60)67(65)68)64-50-56(70(76-64)58(53-73)54-74)44-38-36-34-32-30-28-26-24-22-20-18-16-14-12-10-8-6-4-2/h39-42,45-50H,3-38,43-44H2,1-2H3/b65-63-,66-64+. The Morgan fingerprint density at radius 1 is 0.316 bits per heavy atom. The van der Waals surface area contributed by atoms with Gasteiger partial charge in [0, 0.05) is 31.4 Å². The van der Waals surface area contributed by atoms with Crippen LogP contribution in [-0.4, -0.2) is 0 Å². The maximum absolute atomic E-state index is 10.2. The van der Waals surface area contributed by atoms with Gasteiger partial charge in [0.25, 0.3) is 0 Å². The van der Waals surface area contributed by atoms with Crippen molar-refractivity contribution in [3.63, 3.8) is 0 Å². The molecule has 0 bridgehead atoms. The van der Waals surface area contributed by atoms with Crippen LogP contribution in [0.1, 0.15) is 278 Å². The van der Waals surface area contributed by atoms with Crippen LogP contribution in [0.25, 0.3) is 33.4 Å². The van der Waals surface area contributed by atoms with Gasteiger partial charge >= 0.3 is 0 Å². The first-order valence-electron chi connectivity index (χ1n) is 30.9. The van der Waals surface area contributed by atoms with Crippen molar-refractivity contribution in [3.05, 3.63) is 112 Å². The molecule has 0 unspecified atom stereocenters. The monoisotopic (exact) mass is 1050 g/mol. The minimum absolute atomic E-state index is 0.198. The second-order valence-electron chi connectivity index (χ2n) is 22.2. The van der Waals surface area contributed by atoms with Gasteiger partial charge < -0.3 is 0 Å². The van der Waals surface area contributed by atoms with E-state index in [0.29, 0.717) is 0 Å². The number of aryl methyl sites for hydroxylation is 2. The van der Waals surface area contributed by atoms with E-state index >= 15 is 0 Å². The number of hydrogen-bond acceptors (Lipinski definition) is 6. The van der Waals surface area contributed by atoms with E-state index in [4.69, 9.17) is 0 Å². The Morgan fingerprint density at radius 3 is 0.776 bits per heavy atom. The maximum atomic E-state index is 10.2. The fourth-order valence-electron chi connectivity index (χ4n) is 12.0. The molecule has 2 aromatic heterocycles. The van der Waals surface area contributed by atoms with Gasteiger partial charge in [0.15, 0.2) is 0 Å². The number of rotatable bonds is 38. The van der Waals surface area contributed by atoms with Crippen molar-refractivity contribution >= 4 is 56.1 Å². The van der Waals surface area contributed by atoms with Crippen molar-refractivity contribution in [2.24, 2.45) is 0 Å². The molecule has 0 aliphatic heterocycles. The SMILES string of the molecule is CCCCCCCCCCCCCCCCCCCCc1c/c(=C2C3=C(/C(=c4\cc(CCCCCCCCCCCCCCCCCCCC)c(=C(C#N)C#N)s4)c4ccccc43)c3ccccc3/2)sc1=C(C#N)C#N. The van der Waals surface area contributed by atoms with Crippen LogP contribution in [0.4, 0.5) is 0 Å². The van der Waals surface area contributed by atoms with Crippen LogP contribution in [0.3, 0.4) is 0 Å². The Bertz CT molecular complexity index is 2650. The molecule has 404 valence electrons. The molecule has 0 saturated heterocycles. The van der Waals surface area contributed by atoms with Crippen LogP contribution < -0.4 is 18.1 Å². The Morgan fingerprint density at radius 2 is 0.539 bits per heavy atom. The van der Waals surface area contributed by atoms with Crippen LogP contribution >= 0.6 is 22.7 Å². The summed E-state index contributed by atoms with van der Waals surface area (Å²) in [5.74, 6) is 0. The average molecular weight is 1050 g/mol. The van der Waals surface area contributed by atoms with Crippen molar-refractivity contribution in [1.29, 1.82) is 21.0 Å². The summed E-state index contributed by atoms with van der Waals surface area (Å²) in [5.41, 5.74) is 12.0. The van der Waals surface area contributed by atoms with Gasteiger partial charge in [-0.05, 0) is 71.2 Å². The predicted molar refractivity (Wildman–Crippen MR) is 326 cm³/mol. The highest BCUT2D eigenvalue weighted by Gasteiger charge is 2.37. The minimum atomic E-state index is 0.198. The summed E-state index contributed by atoms with van der Waals surface area (Å²) in [6, 6.07) is 30.9. The lowest BCUT2D eigenvalue weighted by Crippen LogP contribution is -2.06. The molecule has 6 heteroatoms. The molecule has 0 spiro atoms. The van der Waals surface area contributed by atoms with Crippen molar-refractivity contribution < 1.29 is 0 Å². The van der Waals surface area contributed by atoms with Crippen molar-refractivity contribution in [1.82, 2.24) is 0 Å². The molecule has 2 heterocycles. The topological polar surface area (TPSA) is 95.2 Å². The largest absolute Gasteiger partial charge is 0.192 e. The van der Waals surface area contributed by atoms with Crippen LogP contribution in [0, 0.1) is 45.3 Å². The second-order valence-corrected chi connectivity index (χ2v) is 24.3. The Kier molecular flexibility index (Phi) is 28.1. The van der Waals surface area contributed by atoms with E-state index in [1.54, 1.807) is 22.7 Å². The molecule has 2 aromatic carbocycles. The van der Waals surface area contributed by atoms with Crippen molar-refractivity contribution in [2.45, 2.75) is 258 Å². The smallest absolute Gasteiger partial charge is 0.147 e. The zero-order valence-corrected chi connectivity index (χ0v) is 48.9. The highest BCUT2D eigenvalue weighted by atomic mass is 32.1. The quantitative estimate of drug-likeness (QED) is 0.0418. The highest BCUT2D eigenvalue weighted by molar-refractivity contribution is 7.08. The summed E-state index contributed by atoms with van der Waals surface area (Å²) < 4.78 is 3.81. The number of nitriles is 4. The zero-order valence-electron chi connectivity index (χ0n) is 47.2. The molecule has 0 radical (unpaired) electrons. The van der Waals surface area contributed by atoms with Gasteiger partial charge in [-0.25, -0.2) is 0 Å². The number of allylic oxidation sites excluding steroid dienone is 2. The first kappa shape index (κ1) is 60.3. The molecule has 4 nitrogen and oxygen atoms in total. The lowest BCUT2D eigenvalue weighted by atomic mass is 9.93. The summed E-state index contributed by atoms with van der Waals surface area (Å²) in [6.07, 6.45) is 49.9. The van der Waals surface area contributed by atoms with E-state index in [1.807, 2.05) is 0 Å². The van der Waals surface area contributed by atoms with Crippen LogP contribution in [0.15, 0.2) is 60.7 Å². The summed E-state index contributed by atoms with van der Waals surface area (Å²) in [7, 11) is 0. The number of fused-ring (bicyclic) bond motifs is 4. The fraction of sp³-hybridized carbons (Fsp3) is 0.571. The molecule has 6 rings (SSSR count). The highest BCUT2D eigenvalue weighted by Crippen LogP contribution is 2.56. The number of benzene rings is 2. The average Bonchev–Trinajstić information content (AvgIpc) is 4.24. The van der Waals surface area contributed by atoms with E-state index in [2.05, 4.69) is 98.8 Å². The molecular formula is C70H92N4S2. The summed E-state index contributed by atoms with van der Waals surface area (Å²) in [6.45, 7) is 4.58. The fourth-order valence-corrected chi connectivity index (χ4v) is 14.4. The Hall–Kier alpha value is -4.98. The first-order valence-corrected chi connectivity index (χ1v) is 32.5. The minimum Gasteiger partial charge on any atom is -0.192 e. The third kappa shape index (κ3) is 18.0. The predicted octanol–water partition coefficient (Wildman–Crippen LogP) is 18.7. The maximum Gasteiger partial charge on any atom is 0.147 e. The summed E-state index contributed by atoms with van der Waals surface area (Å²) >= 11 is 3.19. The van der Waals surface area contributed by atoms with Crippen molar-refractivity contribution in [2.75, 3.05) is 0 Å². The van der Waals surface area contributed by atoms with Crippen LogP contribution in [-0.2, 0) is 12.8 Å². The van der Waals surface area contributed by atoms with Gasteiger partial charge in [-0.15, -0.1) is 22.7 Å². The van der Waals surface area contributed by atoms with Gasteiger partial charge in [-0.2, -0.15) is 21.0 Å². The lowest BCUT2D eigenvalue weighted by Gasteiger charge is -2.11. The Balaban J connectivity index is 1.10. The summed E-state index contributed by atoms with van der Waals surface area (Å²) in [4.78, 5) is 0. The number of nitrogens with zero attached hydrogens (tertiary/aromatic N) is 4. The third-order valence-electron chi connectivity index (χ3n) is 16.3. The van der Waals surface area contributed by atoms with Crippen LogP contribution in [0.5, 0.6) is 0 Å². The molecule has 2 aliphatic carbocycles. The second kappa shape index (κ2) is 35.4. The lowest BCUT2D eigenvalue weighted by molar-refractivity contribution is 0.525.